The first-order chi connectivity index (χ1) is 10.5. The van der Waals surface area contributed by atoms with E-state index in [1.165, 1.54) is 29.5 Å². The van der Waals surface area contributed by atoms with Gasteiger partial charge in [0.1, 0.15) is 5.82 Å². The van der Waals surface area contributed by atoms with Crippen molar-refractivity contribution < 1.29 is 0 Å². The maximum atomic E-state index is 6.38. The van der Waals surface area contributed by atoms with Crippen molar-refractivity contribution in [3.8, 4) is 11.3 Å². The highest BCUT2D eigenvalue weighted by Crippen LogP contribution is 2.47. The summed E-state index contributed by atoms with van der Waals surface area (Å²) in [7, 11) is 0. The molecule has 2 N–H and O–H groups in total. The van der Waals surface area contributed by atoms with E-state index in [4.69, 9.17) is 10.8 Å². The average Bonchev–Trinajstić information content (AvgIpc) is 3.24. The summed E-state index contributed by atoms with van der Waals surface area (Å²) in [5.41, 5.74) is 12.3. The molecule has 4 nitrogen and oxygen atoms in total. The standard InChI is InChI=1S/C18H24N4/c1-11(2)22-18(19)16(13-5-6-13)17(21-22)14-7-8-15(10-20-4)12(3)9-14/h7-9,11,13H,4-6,10,19H2,1-3H3. The molecule has 1 fully saturated rings. The predicted octanol–water partition coefficient (Wildman–Crippen LogP) is 4.10. The van der Waals surface area contributed by atoms with E-state index in [0.29, 0.717) is 12.5 Å². The Hall–Kier alpha value is -2.10. The van der Waals surface area contributed by atoms with Crippen LogP contribution in [-0.2, 0) is 6.54 Å². The summed E-state index contributed by atoms with van der Waals surface area (Å²) in [6.07, 6.45) is 2.44. The van der Waals surface area contributed by atoms with Gasteiger partial charge in [-0.15, -0.1) is 0 Å². The summed E-state index contributed by atoms with van der Waals surface area (Å²) in [5, 5.41) is 4.81. The summed E-state index contributed by atoms with van der Waals surface area (Å²) in [6.45, 7) is 10.6. The highest BCUT2D eigenvalue weighted by atomic mass is 15.3. The Bertz CT molecular complexity index is 708. The third kappa shape index (κ3) is 2.54. The highest BCUT2D eigenvalue weighted by Gasteiger charge is 2.32. The average molecular weight is 296 g/mol. The number of hydrogen-bond acceptors (Lipinski definition) is 3. The van der Waals surface area contributed by atoms with Crippen LogP contribution in [0.3, 0.4) is 0 Å². The van der Waals surface area contributed by atoms with Crippen molar-refractivity contribution in [1.82, 2.24) is 9.78 Å². The number of benzene rings is 1. The summed E-state index contributed by atoms with van der Waals surface area (Å²) in [5.74, 6) is 1.42. The molecule has 0 atom stereocenters. The van der Waals surface area contributed by atoms with Crippen molar-refractivity contribution in [2.75, 3.05) is 5.73 Å². The molecule has 0 unspecified atom stereocenters. The molecule has 0 aliphatic heterocycles. The van der Waals surface area contributed by atoms with Crippen LogP contribution in [-0.4, -0.2) is 16.5 Å². The van der Waals surface area contributed by atoms with E-state index >= 15 is 0 Å². The molecule has 1 aliphatic carbocycles. The van der Waals surface area contributed by atoms with Crippen molar-refractivity contribution in [3.05, 3.63) is 34.9 Å². The highest BCUT2D eigenvalue weighted by molar-refractivity contribution is 5.71. The minimum atomic E-state index is 0.275. The number of nitrogens with two attached hydrogens (primary N) is 1. The number of aliphatic imine (C=N–C) groups is 1. The van der Waals surface area contributed by atoms with E-state index in [2.05, 4.69) is 50.7 Å². The smallest absolute Gasteiger partial charge is 0.126 e. The van der Waals surface area contributed by atoms with Crippen molar-refractivity contribution in [2.45, 2.75) is 52.1 Å². The molecule has 4 heteroatoms. The first-order valence-corrected chi connectivity index (χ1v) is 7.93. The molecule has 1 aliphatic rings. The first kappa shape index (κ1) is 14.8. The quantitative estimate of drug-likeness (QED) is 0.844. The minimum Gasteiger partial charge on any atom is -0.384 e. The van der Waals surface area contributed by atoms with E-state index in [1.807, 2.05) is 4.68 Å². The summed E-state index contributed by atoms with van der Waals surface area (Å²) in [6, 6.07) is 6.72. The van der Waals surface area contributed by atoms with Crippen LogP contribution in [0.25, 0.3) is 11.3 Å². The maximum absolute atomic E-state index is 6.38. The van der Waals surface area contributed by atoms with Crippen LogP contribution < -0.4 is 5.73 Å². The number of aryl methyl sites for hydroxylation is 1. The lowest BCUT2D eigenvalue weighted by Gasteiger charge is -2.07. The molecule has 0 amide bonds. The van der Waals surface area contributed by atoms with E-state index in [-0.39, 0.29) is 6.04 Å². The Balaban J connectivity index is 2.09. The van der Waals surface area contributed by atoms with Gasteiger partial charge in [0.15, 0.2) is 0 Å². The lowest BCUT2D eigenvalue weighted by atomic mass is 9.99. The van der Waals surface area contributed by atoms with Gasteiger partial charge in [-0.2, -0.15) is 5.10 Å². The fourth-order valence-electron chi connectivity index (χ4n) is 2.98. The zero-order valence-corrected chi connectivity index (χ0v) is 13.6. The van der Waals surface area contributed by atoms with Crippen molar-refractivity contribution in [3.63, 3.8) is 0 Å². The summed E-state index contributed by atoms with van der Waals surface area (Å²) in [4.78, 5) is 3.98. The van der Waals surface area contributed by atoms with Gasteiger partial charge in [-0.1, -0.05) is 12.1 Å². The van der Waals surface area contributed by atoms with Crippen LogP contribution in [0.2, 0.25) is 0 Å². The molecule has 116 valence electrons. The van der Waals surface area contributed by atoms with Gasteiger partial charge >= 0.3 is 0 Å². The molecule has 1 aromatic heterocycles. The number of anilines is 1. The molecule has 0 saturated heterocycles. The molecular weight excluding hydrogens is 272 g/mol. The molecular formula is C18H24N4. The van der Waals surface area contributed by atoms with Gasteiger partial charge in [0, 0.05) is 17.2 Å². The van der Waals surface area contributed by atoms with Crippen LogP contribution >= 0.6 is 0 Å². The van der Waals surface area contributed by atoms with Gasteiger partial charge < -0.3 is 5.73 Å². The first-order valence-electron chi connectivity index (χ1n) is 7.93. The van der Waals surface area contributed by atoms with Gasteiger partial charge in [-0.25, -0.2) is 4.68 Å². The molecule has 1 saturated carbocycles. The fourth-order valence-corrected chi connectivity index (χ4v) is 2.98. The Labute approximate surface area is 132 Å². The van der Waals surface area contributed by atoms with Crippen molar-refractivity contribution >= 4 is 12.5 Å². The second kappa shape index (κ2) is 5.59. The molecule has 1 heterocycles. The molecule has 1 aromatic carbocycles. The minimum absolute atomic E-state index is 0.275. The molecule has 0 bridgehead atoms. The van der Waals surface area contributed by atoms with E-state index in [1.54, 1.807) is 0 Å². The number of rotatable bonds is 5. The van der Waals surface area contributed by atoms with Gasteiger partial charge in [-0.05, 0) is 63.4 Å². The number of hydrogen-bond donors (Lipinski definition) is 1. The van der Waals surface area contributed by atoms with Gasteiger partial charge in [0.05, 0.1) is 12.2 Å². The zero-order chi connectivity index (χ0) is 15.9. The Kier molecular flexibility index (Phi) is 3.77. The van der Waals surface area contributed by atoms with E-state index in [0.717, 1.165) is 17.1 Å². The molecule has 3 rings (SSSR count). The fraction of sp³-hybridized carbons (Fsp3) is 0.444. The summed E-state index contributed by atoms with van der Waals surface area (Å²) >= 11 is 0. The van der Waals surface area contributed by atoms with E-state index in [9.17, 15) is 0 Å². The lowest BCUT2D eigenvalue weighted by molar-refractivity contribution is 0.542. The lowest BCUT2D eigenvalue weighted by Crippen LogP contribution is -2.07. The number of nitrogen functional groups attached to an aromatic ring is 1. The SMILES string of the molecule is C=NCc1ccc(-c2nn(C(C)C)c(N)c2C2CC2)cc1C. The van der Waals surface area contributed by atoms with Crippen LogP contribution in [0, 0.1) is 6.92 Å². The number of nitrogens with zero attached hydrogens (tertiary/aromatic N) is 3. The van der Waals surface area contributed by atoms with E-state index < -0.39 is 0 Å². The van der Waals surface area contributed by atoms with Crippen LogP contribution in [0.1, 0.15) is 55.3 Å². The summed E-state index contributed by atoms with van der Waals surface area (Å²) < 4.78 is 1.96. The van der Waals surface area contributed by atoms with Gasteiger partial charge in [-0.3, -0.25) is 4.99 Å². The molecule has 2 aromatic rings. The second-order valence-corrected chi connectivity index (χ2v) is 6.48. The normalized spacial score (nSPS) is 14.5. The monoisotopic (exact) mass is 296 g/mol. The largest absolute Gasteiger partial charge is 0.384 e. The third-order valence-corrected chi connectivity index (χ3v) is 4.36. The van der Waals surface area contributed by atoms with Crippen LogP contribution in [0.15, 0.2) is 23.2 Å². The topological polar surface area (TPSA) is 56.2 Å². The zero-order valence-electron chi connectivity index (χ0n) is 13.6. The third-order valence-electron chi connectivity index (χ3n) is 4.36. The Morgan fingerprint density at radius 1 is 1.41 bits per heavy atom. The number of aromatic nitrogens is 2. The van der Waals surface area contributed by atoms with Gasteiger partial charge in [0.25, 0.3) is 0 Å². The van der Waals surface area contributed by atoms with Gasteiger partial charge in [0.2, 0.25) is 0 Å². The Morgan fingerprint density at radius 3 is 2.68 bits per heavy atom. The van der Waals surface area contributed by atoms with Crippen molar-refractivity contribution in [1.29, 1.82) is 0 Å². The van der Waals surface area contributed by atoms with Crippen LogP contribution in [0.4, 0.5) is 5.82 Å². The molecule has 22 heavy (non-hydrogen) atoms. The van der Waals surface area contributed by atoms with Crippen LogP contribution in [0.5, 0.6) is 0 Å². The predicted molar refractivity (Wildman–Crippen MR) is 92.4 cm³/mol. The molecule has 0 spiro atoms. The second-order valence-electron chi connectivity index (χ2n) is 6.48. The molecule has 0 radical (unpaired) electrons. The Morgan fingerprint density at radius 2 is 2.14 bits per heavy atom. The van der Waals surface area contributed by atoms with Crippen molar-refractivity contribution in [2.24, 2.45) is 4.99 Å². The maximum Gasteiger partial charge on any atom is 0.126 e.